The van der Waals surface area contributed by atoms with E-state index in [0.29, 0.717) is 25.2 Å². The second-order valence-corrected chi connectivity index (χ2v) is 13.4. The van der Waals surface area contributed by atoms with E-state index in [4.69, 9.17) is 20.9 Å². The van der Waals surface area contributed by atoms with Gasteiger partial charge in [-0.2, -0.15) is 0 Å². The van der Waals surface area contributed by atoms with Crippen LogP contribution < -0.4 is 27.4 Å². The molecule has 2 heterocycles. The number of unbranched alkanes of at least 4 members (excludes halogenated alkanes) is 1. The Kier molecular flexibility index (Phi) is 12.0. The molecule has 0 spiro atoms. The summed E-state index contributed by atoms with van der Waals surface area (Å²) in [6.45, 7) is 8.76. The smallest absolute Gasteiger partial charge is 0.349 e. The predicted molar refractivity (Wildman–Crippen MR) is 171 cm³/mol. The topological polar surface area (TPSA) is 173 Å². The maximum atomic E-state index is 14.1. The standard InChI is InChI=1S/C33H56N6O5/c1-5-7-10-22(19-37-6-2)20-43-30(42)33-29(41)25-12-9-8-11-24(25)28(40)32(33,44-33)15-13-21(3)17-26(39-31(35)36-4)23-14-16-38-27(34)18-23/h13,22-27,37-38H,5-12,14-20,34H2,1-4H3,(H3,35,36,39). The van der Waals surface area contributed by atoms with E-state index in [1.54, 1.807) is 7.05 Å². The molecule has 7 N–H and O–H groups in total. The van der Waals surface area contributed by atoms with E-state index in [-0.39, 0.29) is 48.6 Å². The first-order valence-electron chi connectivity index (χ1n) is 16.9. The van der Waals surface area contributed by atoms with Gasteiger partial charge in [-0.3, -0.25) is 14.6 Å². The minimum absolute atomic E-state index is 0.00126. The molecule has 4 aliphatic rings. The van der Waals surface area contributed by atoms with Crippen molar-refractivity contribution in [2.75, 3.05) is 33.3 Å². The highest BCUT2D eigenvalue weighted by atomic mass is 16.7. The molecule has 2 saturated carbocycles. The fourth-order valence-corrected chi connectivity index (χ4v) is 7.69. The van der Waals surface area contributed by atoms with Crippen LogP contribution in [0.4, 0.5) is 0 Å². The number of ether oxygens (including phenoxy) is 2. The van der Waals surface area contributed by atoms with E-state index in [2.05, 4.69) is 27.9 Å². The van der Waals surface area contributed by atoms with Crippen LogP contribution in [0.2, 0.25) is 0 Å². The fourth-order valence-electron chi connectivity index (χ4n) is 7.69. The van der Waals surface area contributed by atoms with Gasteiger partial charge in [0.2, 0.25) is 0 Å². The number of rotatable bonds is 15. The number of hydrogen-bond donors (Lipinski definition) is 5. The Hall–Kier alpha value is -2.34. The van der Waals surface area contributed by atoms with E-state index in [1.165, 1.54) is 0 Å². The molecule has 0 bridgehead atoms. The second-order valence-electron chi connectivity index (χ2n) is 13.4. The highest BCUT2D eigenvalue weighted by Gasteiger charge is 2.86. The van der Waals surface area contributed by atoms with Crippen molar-refractivity contribution in [3.8, 4) is 0 Å². The van der Waals surface area contributed by atoms with E-state index in [0.717, 1.165) is 70.2 Å². The van der Waals surface area contributed by atoms with Crippen LogP contribution in [0.5, 0.6) is 0 Å². The Morgan fingerprint density at radius 1 is 1.20 bits per heavy atom. The Balaban J connectivity index is 1.54. The number of Topliss-reactive ketones (excluding diaryl/α,β-unsaturated/α-hetero) is 2. The van der Waals surface area contributed by atoms with Gasteiger partial charge in [0.05, 0.1) is 12.8 Å². The summed E-state index contributed by atoms with van der Waals surface area (Å²) >= 11 is 0. The van der Waals surface area contributed by atoms with Gasteiger partial charge in [0, 0.05) is 43.8 Å². The van der Waals surface area contributed by atoms with Crippen molar-refractivity contribution in [3.05, 3.63) is 11.6 Å². The number of ketones is 2. The molecule has 0 amide bonds. The van der Waals surface area contributed by atoms with Crippen LogP contribution >= 0.6 is 0 Å². The number of fused-ring (bicyclic) bond motifs is 2. The zero-order valence-corrected chi connectivity index (χ0v) is 27.3. The minimum Gasteiger partial charge on any atom is -0.463 e. The first-order valence-corrected chi connectivity index (χ1v) is 16.9. The second kappa shape index (κ2) is 15.3. The third kappa shape index (κ3) is 7.21. The number of nitrogens with two attached hydrogens (primary N) is 2. The van der Waals surface area contributed by atoms with Crippen molar-refractivity contribution >= 4 is 23.5 Å². The molecule has 248 valence electrons. The van der Waals surface area contributed by atoms with E-state index < -0.39 is 29.0 Å². The number of carbonyl (C=O) groups is 3. The van der Waals surface area contributed by atoms with Crippen LogP contribution in [0.25, 0.3) is 0 Å². The Morgan fingerprint density at radius 3 is 2.59 bits per heavy atom. The molecule has 8 atom stereocenters. The highest BCUT2D eigenvalue weighted by Crippen LogP contribution is 2.61. The third-order valence-corrected chi connectivity index (χ3v) is 10.3. The summed E-state index contributed by atoms with van der Waals surface area (Å²) < 4.78 is 12.1. The molecule has 0 aromatic carbocycles. The zero-order valence-electron chi connectivity index (χ0n) is 27.3. The SMILES string of the molecule is CCCCC(CNCC)COC(=O)C12OC1(CC=C(C)CC(NC(N)=NC)C1CCNC(N)C1)C(=O)C1CCCCC1C2=O. The number of carbonyl (C=O) groups excluding carboxylic acids is 3. The van der Waals surface area contributed by atoms with Gasteiger partial charge in [0.1, 0.15) is 0 Å². The van der Waals surface area contributed by atoms with E-state index in [9.17, 15) is 14.4 Å². The number of nitrogens with one attached hydrogen (secondary N) is 3. The van der Waals surface area contributed by atoms with Crippen molar-refractivity contribution in [2.24, 2.45) is 40.1 Å². The average Bonchev–Trinajstić information content (AvgIpc) is 3.74. The molecule has 44 heavy (non-hydrogen) atoms. The summed E-state index contributed by atoms with van der Waals surface area (Å²) in [7, 11) is 1.65. The number of guanidine groups is 1. The molecule has 4 fully saturated rings. The van der Waals surface area contributed by atoms with Crippen molar-refractivity contribution in [3.63, 3.8) is 0 Å². The van der Waals surface area contributed by atoms with Crippen molar-refractivity contribution in [2.45, 2.75) is 115 Å². The largest absolute Gasteiger partial charge is 0.463 e. The molecule has 0 aromatic rings. The average molecular weight is 617 g/mol. The molecular weight excluding hydrogens is 560 g/mol. The number of esters is 1. The number of piperidine rings is 1. The van der Waals surface area contributed by atoms with Crippen molar-refractivity contribution in [1.29, 1.82) is 0 Å². The van der Waals surface area contributed by atoms with Gasteiger partial charge < -0.3 is 36.9 Å². The van der Waals surface area contributed by atoms with Crippen LogP contribution in [0.3, 0.4) is 0 Å². The highest BCUT2D eigenvalue weighted by molar-refractivity contribution is 6.23. The van der Waals surface area contributed by atoms with Gasteiger partial charge in [-0.05, 0) is 64.5 Å². The maximum absolute atomic E-state index is 14.1. The summed E-state index contributed by atoms with van der Waals surface area (Å²) in [5.41, 5.74) is 9.96. The molecule has 8 unspecified atom stereocenters. The lowest BCUT2D eigenvalue weighted by Crippen LogP contribution is -2.58. The molecule has 4 rings (SSSR count). The Morgan fingerprint density at radius 2 is 1.93 bits per heavy atom. The first-order chi connectivity index (χ1) is 21.1. The third-order valence-electron chi connectivity index (χ3n) is 10.3. The van der Waals surface area contributed by atoms with Gasteiger partial charge in [0.25, 0.3) is 5.60 Å². The minimum atomic E-state index is -1.84. The molecule has 0 radical (unpaired) electrons. The fraction of sp³-hybridized carbons (Fsp3) is 0.818. The summed E-state index contributed by atoms with van der Waals surface area (Å²) in [6.07, 6.45) is 10.5. The van der Waals surface area contributed by atoms with Gasteiger partial charge in [-0.25, -0.2) is 4.79 Å². The normalized spacial score (nSPS) is 33.7. The number of epoxide rings is 1. The van der Waals surface area contributed by atoms with Gasteiger partial charge >= 0.3 is 5.97 Å². The molecular formula is C33H56N6O5. The van der Waals surface area contributed by atoms with Gasteiger partial charge in [-0.15, -0.1) is 0 Å². The quantitative estimate of drug-likeness (QED) is 0.0459. The lowest BCUT2D eigenvalue weighted by Gasteiger charge is -2.37. The van der Waals surface area contributed by atoms with Gasteiger partial charge in [-0.1, -0.05) is 51.2 Å². The lowest BCUT2D eigenvalue weighted by molar-refractivity contribution is -0.159. The number of hydrogen-bond acceptors (Lipinski definition) is 9. The molecule has 2 saturated heterocycles. The zero-order chi connectivity index (χ0) is 31.9. The van der Waals surface area contributed by atoms with Crippen LogP contribution in [0.15, 0.2) is 16.6 Å². The maximum Gasteiger partial charge on any atom is 0.349 e. The van der Waals surface area contributed by atoms with E-state index in [1.807, 2.05) is 19.9 Å². The lowest BCUT2D eigenvalue weighted by atomic mass is 9.61. The summed E-state index contributed by atoms with van der Waals surface area (Å²) in [6, 6.07) is -0.00126. The summed E-state index contributed by atoms with van der Waals surface area (Å²) in [4.78, 5) is 46.1. The predicted octanol–water partition coefficient (Wildman–Crippen LogP) is 2.33. The number of nitrogens with zero attached hydrogens (tertiary/aromatic N) is 1. The van der Waals surface area contributed by atoms with Gasteiger partial charge in [0.15, 0.2) is 23.1 Å². The molecule has 2 aliphatic heterocycles. The first kappa shape index (κ1) is 34.5. The molecule has 0 aromatic heterocycles. The molecule has 11 heteroatoms. The Labute approximate surface area is 263 Å². The number of aliphatic imine (C=N–C) groups is 1. The summed E-state index contributed by atoms with van der Waals surface area (Å²) in [5, 5.41) is 9.99. The van der Waals surface area contributed by atoms with Crippen LogP contribution in [-0.2, 0) is 23.9 Å². The Bertz CT molecular complexity index is 1090. The summed E-state index contributed by atoms with van der Waals surface area (Å²) in [5.74, 6) is -1.16. The van der Waals surface area contributed by atoms with Crippen LogP contribution in [0.1, 0.15) is 91.4 Å². The molecule has 2 aliphatic carbocycles. The van der Waals surface area contributed by atoms with Crippen LogP contribution in [-0.4, -0.2) is 80.2 Å². The molecule has 11 nitrogen and oxygen atoms in total. The van der Waals surface area contributed by atoms with Crippen LogP contribution in [0, 0.1) is 23.7 Å². The van der Waals surface area contributed by atoms with E-state index >= 15 is 0 Å². The van der Waals surface area contributed by atoms with Crippen molar-refractivity contribution in [1.82, 2.24) is 16.0 Å². The van der Waals surface area contributed by atoms with Crippen molar-refractivity contribution < 1.29 is 23.9 Å². The monoisotopic (exact) mass is 616 g/mol.